The molecular weight excluding hydrogens is 258 g/mol. The van der Waals surface area contributed by atoms with Gasteiger partial charge in [0.15, 0.2) is 15.7 Å². The first-order valence-electron chi connectivity index (χ1n) is 4.82. The van der Waals surface area contributed by atoms with Gasteiger partial charge in [-0.05, 0) is 12.1 Å². The molecule has 0 bridgehead atoms. The van der Waals surface area contributed by atoms with E-state index in [9.17, 15) is 13.2 Å². The number of aromatic carboxylic acids is 1. The van der Waals surface area contributed by atoms with Gasteiger partial charge < -0.3 is 5.11 Å². The van der Waals surface area contributed by atoms with E-state index in [1.807, 2.05) is 0 Å². The van der Waals surface area contributed by atoms with Crippen LogP contribution in [0, 0.1) is 0 Å². The minimum absolute atomic E-state index is 0.0463. The van der Waals surface area contributed by atoms with Crippen molar-refractivity contribution < 1.29 is 18.3 Å². The van der Waals surface area contributed by atoms with E-state index in [1.54, 1.807) is 0 Å². The number of sulfone groups is 1. The summed E-state index contributed by atoms with van der Waals surface area (Å²) in [4.78, 5) is 14.8. The van der Waals surface area contributed by atoms with E-state index in [4.69, 9.17) is 5.11 Å². The molecule has 0 aliphatic carbocycles. The van der Waals surface area contributed by atoms with E-state index in [1.165, 1.54) is 35.4 Å². The highest BCUT2D eigenvalue weighted by Crippen LogP contribution is 2.11. The Bertz CT molecular complexity index is 705. The van der Waals surface area contributed by atoms with E-state index < -0.39 is 15.8 Å². The molecule has 8 heteroatoms. The summed E-state index contributed by atoms with van der Waals surface area (Å²) >= 11 is 0. The molecule has 7 nitrogen and oxygen atoms in total. The van der Waals surface area contributed by atoms with Crippen molar-refractivity contribution in [2.24, 2.45) is 0 Å². The Kier molecular flexibility index (Phi) is 2.87. The second-order valence-corrected chi connectivity index (χ2v) is 5.62. The molecule has 0 spiro atoms. The van der Waals surface area contributed by atoms with Crippen molar-refractivity contribution in [3.05, 3.63) is 36.3 Å². The zero-order chi connectivity index (χ0) is 13.3. The summed E-state index contributed by atoms with van der Waals surface area (Å²) < 4.78 is 23.8. The predicted octanol–water partition coefficient (Wildman–Crippen LogP) is 0.369. The quantitative estimate of drug-likeness (QED) is 0.861. The van der Waals surface area contributed by atoms with Gasteiger partial charge in [-0.1, -0.05) is 0 Å². The van der Waals surface area contributed by atoms with Crippen LogP contribution in [0.1, 0.15) is 10.4 Å². The highest BCUT2D eigenvalue weighted by molar-refractivity contribution is 7.90. The summed E-state index contributed by atoms with van der Waals surface area (Å²) in [5, 5.41) is 12.7. The van der Waals surface area contributed by atoms with Crippen LogP contribution in [-0.2, 0) is 9.84 Å². The lowest BCUT2D eigenvalue weighted by atomic mass is 10.3. The van der Waals surface area contributed by atoms with E-state index in [0.717, 1.165) is 6.26 Å². The molecule has 0 fully saturated rings. The number of carbonyl (C=O) groups is 1. The minimum atomic E-state index is -3.34. The second-order valence-electron chi connectivity index (χ2n) is 3.60. The lowest BCUT2D eigenvalue weighted by Gasteiger charge is -2.00. The average Bonchev–Trinajstić information content (AvgIpc) is 2.78. The lowest BCUT2D eigenvalue weighted by molar-refractivity contribution is 0.0696. The largest absolute Gasteiger partial charge is 0.478 e. The number of hydrogen-bond donors (Lipinski definition) is 1. The van der Waals surface area contributed by atoms with Gasteiger partial charge in [0.2, 0.25) is 0 Å². The molecule has 94 valence electrons. The van der Waals surface area contributed by atoms with Gasteiger partial charge in [0.25, 0.3) is 0 Å². The third-order valence-corrected chi connectivity index (χ3v) is 3.28. The Morgan fingerprint density at radius 1 is 1.44 bits per heavy atom. The maximum absolute atomic E-state index is 11.3. The minimum Gasteiger partial charge on any atom is -0.478 e. The monoisotopic (exact) mass is 267 g/mol. The van der Waals surface area contributed by atoms with Gasteiger partial charge in [-0.15, -0.1) is 0 Å². The lowest BCUT2D eigenvalue weighted by Crippen LogP contribution is -2.02. The molecule has 2 heterocycles. The summed E-state index contributed by atoms with van der Waals surface area (Å²) in [6.07, 6.45) is 4.85. The van der Waals surface area contributed by atoms with Crippen molar-refractivity contribution in [2.75, 3.05) is 6.26 Å². The van der Waals surface area contributed by atoms with Gasteiger partial charge in [-0.3, -0.25) is 0 Å². The van der Waals surface area contributed by atoms with Gasteiger partial charge >= 0.3 is 5.97 Å². The molecule has 0 aliphatic heterocycles. The topological polar surface area (TPSA) is 102 Å². The number of nitrogens with zero attached hydrogens (tertiary/aromatic N) is 3. The molecule has 0 amide bonds. The molecule has 2 rings (SSSR count). The number of rotatable bonds is 3. The van der Waals surface area contributed by atoms with Crippen molar-refractivity contribution in [3.8, 4) is 5.82 Å². The van der Waals surface area contributed by atoms with Gasteiger partial charge in [0, 0.05) is 12.5 Å². The number of carboxylic acid groups (broad SMARTS) is 1. The zero-order valence-corrected chi connectivity index (χ0v) is 10.1. The van der Waals surface area contributed by atoms with Crippen LogP contribution >= 0.6 is 0 Å². The van der Waals surface area contributed by atoms with E-state index in [-0.39, 0.29) is 16.3 Å². The molecule has 0 saturated heterocycles. The molecular formula is C10H9N3O4S. The average molecular weight is 267 g/mol. The number of pyridine rings is 1. The summed E-state index contributed by atoms with van der Waals surface area (Å²) in [7, 11) is -3.34. The zero-order valence-electron chi connectivity index (χ0n) is 9.31. The first-order chi connectivity index (χ1) is 8.38. The second kappa shape index (κ2) is 4.22. The van der Waals surface area contributed by atoms with Gasteiger partial charge in [0.1, 0.15) is 4.90 Å². The smallest absolute Gasteiger partial charge is 0.335 e. The third kappa shape index (κ3) is 2.38. The molecule has 0 atom stereocenters. The van der Waals surface area contributed by atoms with Crippen LogP contribution in [0.2, 0.25) is 0 Å². The summed E-state index contributed by atoms with van der Waals surface area (Å²) in [6, 6.07) is 2.65. The Morgan fingerprint density at radius 2 is 2.17 bits per heavy atom. The molecule has 2 aromatic heterocycles. The van der Waals surface area contributed by atoms with Crippen LogP contribution in [0.3, 0.4) is 0 Å². The molecule has 0 radical (unpaired) electrons. The number of carboxylic acids is 1. The maximum Gasteiger partial charge on any atom is 0.335 e. The van der Waals surface area contributed by atoms with Gasteiger partial charge in [-0.25, -0.2) is 22.9 Å². The molecule has 0 aliphatic rings. The number of hydrogen-bond acceptors (Lipinski definition) is 5. The Hall–Kier alpha value is -2.22. The van der Waals surface area contributed by atoms with Crippen molar-refractivity contribution in [2.45, 2.75) is 4.90 Å². The fourth-order valence-electron chi connectivity index (χ4n) is 1.30. The fourth-order valence-corrected chi connectivity index (χ4v) is 1.83. The molecule has 2 aromatic rings. The molecule has 0 saturated carbocycles. The van der Waals surface area contributed by atoms with Crippen LogP contribution in [0.15, 0.2) is 35.6 Å². The first kappa shape index (κ1) is 12.2. The van der Waals surface area contributed by atoms with Crippen LogP contribution in [0.4, 0.5) is 0 Å². The highest BCUT2D eigenvalue weighted by atomic mass is 32.2. The van der Waals surface area contributed by atoms with E-state index >= 15 is 0 Å². The van der Waals surface area contributed by atoms with Gasteiger partial charge in [-0.2, -0.15) is 5.10 Å². The Morgan fingerprint density at radius 3 is 2.72 bits per heavy atom. The highest BCUT2D eigenvalue weighted by Gasteiger charge is 2.12. The standard InChI is InChI=1S/C10H9N3O4S/c1-18(16,17)8-5-12-13(6-8)9-4-7(10(14)15)2-3-11-9/h2-6H,1H3,(H,14,15). The van der Waals surface area contributed by atoms with Gasteiger partial charge in [0.05, 0.1) is 18.0 Å². The molecule has 0 aromatic carbocycles. The van der Waals surface area contributed by atoms with Crippen molar-refractivity contribution in [3.63, 3.8) is 0 Å². The summed E-state index contributed by atoms with van der Waals surface area (Å²) in [5.41, 5.74) is 0.0522. The van der Waals surface area contributed by atoms with Crippen LogP contribution in [-0.4, -0.2) is 40.5 Å². The SMILES string of the molecule is CS(=O)(=O)c1cnn(-c2cc(C(=O)O)ccn2)c1. The molecule has 1 N–H and O–H groups in total. The van der Waals surface area contributed by atoms with E-state index in [0.29, 0.717) is 0 Å². The van der Waals surface area contributed by atoms with Crippen LogP contribution in [0.5, 0.6) is 0 Å². The maximum atomic E-state index is 11.3. The van der Waals surface area contributed by atoms with E-state index in [2.05, 4.69) is 10.1 Å². The van der Waals surface area contributed by atoms with Crippen LogP contribution < -0.4 is 0 Å². The summed E-state index contributed by atoms with van der Waals surface area (Å²) in [6.45, 7) is 0. The van der Waals surface area contributed by atoms with Crippen molar-refractivity contribution in [1.82, 2.24) is 14.8 Å². The summed E-state index contributed by atoms with van der Waals surface area (Å²) in [5.74, 6) is -0.848. The Balaban J connectivity index is 2.46. The van der Waals surface area contributed by atoms with Crippen LogP contribution in [0.25, 0.3) is 5.82 Å². The molecule has 18 heavy (non-hydrogen) atoms. The fraction of sp³-hybridized carbons (Fsp3) is 0.100. The predicted molar refractivity (Wildman–Crippen MR) is 61.4 cm³/mol. The van der Waals surface area contributed by atoms with Crippen molar-refractivity contribution >= 4 is 15.8 Å². The normalized spacial score (nSPS) is 11.4. The molecule has 0 unspecified atom stereocenters. The van der Waals surface area contributed by atoms with Crippen molar-refractivity contribution in [1.29, 1.82) is 0 Å². The third-order valence-electron chi connectivity index (χ3n) is 2.21. The number of aromatic nitrogens is 3. The Labute approximate surface area is 103 Å². The first-order valence-corrected chi connectivity index (χ1v) is 6.71.